The SMILES string of the molecule is CC(C)(C)NC(=O)CCNc1nnc(Br)s1. The van der Waals surface area contributed by atoms with E-state index in [1.165, 1.54) is 11.3 Å². The molecular weight excluding hydrogens is 292 g/mol. The number of amides is 1. The molecular formula is C9H15BrN4OS. The zero-order chi connectivity index (χ0) is 12.2. The third kappa shape index (κ3) is 5.41. The molecule has 1 aromatic heterocycles. The molecule has 7 heteroatoms. The van der Waals surface area contributed by atoms with Gasteiger partial charge in [-0.1, -0.05) is 11.3 Å². The van der Waals surface area contributed by atoms with Crippen LogP contribution < -0.4 is 10.6 Å². The maximum Gasteiger partial charge on any atom is 0.222 e. The summed E-state index contributed by atoms with van der Waals surface area (Å²) in [4.78, 5) is 11.5. The lowest BCUT2D eigenvalue weighted by molar-refractivity contribution is -0.122. The highest BCUT2D eigenvalue weighted by Crippen LogP contribution is 2.19. The number of hydrogen-bond acceptors (Lipinski definition) is 5. The Morgan fingerprint density at radius 2 is 2.12 bits per heavy atom. The van der Waals surface area contributed by atoms with E-state index in [0.29, 0.717) is 13.0 Å². The largest absolute Gasteiger partial charge is 0.360 e. The van der Waals surface area contributed by atoms with Gasteiger partial charge in [0.2, 0.25) is 11.0 Å². The average molecular weight is 307 g/mol. The summed E-state index contributed by atoms with van der Waals surface area (Å²) in [5, 5.41) is 14.3. The van der Waals surface area contributed by atoms with Gasteiger partial charge in [0.15, 0.2) is 3.92 Å². The predicted molar refractivity (Wildman–Crippen MR) is 68.6 cm³/mol. The molecule has 0 aliphatic heterocycles. The van der Waals surface area contributed by atoms with Crippen molar-refractivity contribution in [1.82, 2.24) is 15.5 Å². The molecule has 1 heterocycles. The van der Waals surface area contributed by atoms with E-state index < -0.39 is 0 Å². The van der Waals surface area contributed by atoms with Crippen molar-refractivity contribution >= 4 is 38.3 Å². The number of nitrogens with one attached hydrogen (secondary N) is 2. The number of nitrogens with zero attached hydrogens (tertiary/aromatic N) is 2. The monoisotopic (exact) mass is 306 g/mol. The highest BCUT2D eigenvalue weighted by Gasteiger charge is 2.13. The van der Waals surface area contributed by atoms with Crippen molar-refractivity contribution in [2.45, 2.75) is 32.7 Å². The summed E-state index contributed by atoms with van der Waals surface area (Å²) in [5.41, 5.74) is -0.178. The minimum atomic E-state index is -0.178. The smallest absolute Gasteiger partial charge is 0.222 e. The number of rotatable bonds is 4. The summed E-state index contributed by atoms with van der Waals surface area (Å²) in [7, 11) is 0. The van der Waals surface area contributed by atoms with Crippen LogP contribution in [0.4, 0.5) is 5.13 Å². The highest BCUT2D eigenvalue weighted by molar-refractivity contribution is 9.11. The van der Waals surface area contributed by atoms with Crippen molar-refractivity contribution < 1.29 is 4.79 Å². The highest BCUT2D eigenvalue weighted by atomic mass is 79.9. The number of hydrogen-bond donors (Lipinski definition) is 2. The maximum atomic E-state index is 11.5. The van der Waals surface area contributed by atoms with Crippen molar-refractivity contribution in [3.05, 3.63) is 3.92 Å². The molecule has 90 valence electrons. The van der Waals surface area contributed by atoms with Crippen molar-refractivity contribution in [2.75, 3.05) is 11.9 Å². The molecule has 1 amide bonds. The Labute approximate surface area is 107 Å². The average Bonchev–Trinajstić information content (AvgIpc) is 2.48. The second-order valence-corrected chi connectivity index (χ2v) is 6.59. The lowest BCUT2D eigenvalue weighted by Gasteiger charge is -2.20. The summed E-state index contributed by atoms with van der Waals surface area (Å²) in [5.74, 6) is 0.0311. The fraction of sp³-hybridized carbons (Fsp3) is 0.667. The fourth-order valence-electron chi connectivity index (χ4n) is 1.04. The molecule has 0 aliphatic carbocycles. The van der Waals surface area contributed by atoms with Crippen LogP contribution in [0.2, 0.25) is 0 Å². The van der Waals surface area contributed by atoms with Gasteiger partial charge in [0.1, 0.15) is 0 Å². The van der Waals surface area contributed by atoms with Crippen molar-refractivity contribution in [3.63, 3.8) is 0 Å². The van der Waals surface area contributed by atoms with Crippen LogP contribution in [0.3, 0.4) is 0 Å². The normalized spacial score (nSPS) is 11.2. The van der Waals surface area contributed by atoms with E-state index in [-0.39, 0.29) is 11.4 Å². The first-order chi connectivity index (χ1) is 7.37. The van der Waals surface area contributed by atoms with Gasteiger partial charge in [0.25, 0.3) is 0 Å². The lowest BCUT2D eigenvalue weighted by atomic mass is 10.1. The van der Waals surface area contributed by atoms with Gasteiger partial charge in [0, 0.05) is 18.5 Å². The standard InChI is InChI=1S/C9H15BrN4OS/c1-9(2,3)12-6(15)4-5-11-8-14-13-7(10)16-8/h4-5H2,1-3H3,(H,11,14)(H,12,15). The second-order valence-electron chi connectivity index (χ2n) is 4.34. The van der Waals surface area contributed by atoms with Crippen LogP contribution in [-0.2, 0) is 4.79 Å². The summed E-state index contributed by atoms with van der Waals surface area (Å²) in [6.45, 7) is 6.43. The van der Waals surface area contributed by atoms with Gasteiger partial charge in [-0.2, -0.15) is 0 Å². The molecule has 0 spiro atoms. The van der Waals surface area contributed by atoms with Gasteiger partial charge in [-0.25, -0.2) is 0 Å². The first kappa shape index (κ1) is 13.4. The van der Waals surface area contributed by atoms with Gasteiger partial charge in [0.05, 0.1) is 0 Å². The van der Waals surface area contributed by atoms with Gasteiger partial charge in [-0.05, 0) is 36.7 Å². The molecule has 2 N–H and O–H groups in total. The van der Waals surface area contributed by atoms with E-state index in [9.17, 15) is 4.79 Å². The van der Waals surface area contributed by atoms with E-state index in [2.05, 4.69) is 36.8 Å². The molecule has 0 saturated heterocycles. The molecule has 0 fully saturated rings. The van der Waals surface area contributed by atoms with Crippen LogP contribution >= 0.6 is 27.3 Å². The Kier molecular flexibility index (Phi) is 4.67. The molecule has 1 rings (SSSR count). The minimum absolute atomic E-state index is 0.0311. The van der Waals surface area contributed by atoms with E-state index in [0.717, 1.165) is 9.05 Å². The van der Waals surface area contributed by atoms with Gasteiger partial charge >= 0.3 is 0 Å². The summed E-state index contributed by atoms with van der Waals surface area (Å²) >= 11 is 4.62. The maximum absolute atomic E-state index is 11.5. The molecule has 1 aromatic rings. The number of carbonyl (C=O) groups is 1. The van der Waals surface area contributed by atoms with Crippen molar-refractivity contribution in [3.8, 4) is 0 Å². The molecule has 0 saturated carbocycles. The third-order valence-electron chi connectivity index (χ3n) is 1.54. The van der Waals surface area contributed by atoms with Gasteiger partial charge in [-0.3, -0.25) is 4.79 Å². The Morgan fingerprint density at radius 1 is 1.44 bits per heavy atom. The molecule has 0 radical (unpaired) electrons. The second kappa shape index (κ2) is 5.58. The van der Waals surface area contributed by atoms with Crippen LogP contribution in [0, 0.1) is 0 Å². The minimum Gasteiger partial charge on any atom is -0.360 e. The first-order valence-corrected chi connectivity index (χ1v) is 6.52. The van der Waals surface area contributed by atoms with Crippen molar-refractivity contribution in [1.29, 1.82) is 0 Å². The van der Waals surface area contributed by atoms with Crippen LogP contribution in [0.1, 0.15) is 27.2 Å². The van der Waals surface area contributed by atoms with Crippen LogP contribution in [0.15, 0.2) is 3.92 Å². The van der Waals surface area contributed by atoms with Gasteiger partial charge < -0.3 is 10.6 Å². The van der Waals surface area contributed by atoms with E-state index in [1.54, 1.807) is 0 Å². The number of carbonyl (C=O) groups excluding carboxylic acids is 1. The van der Waals surface area contributed by atoms with Gasteiger partial charge in [-0.15, -0.1) is 10.2 Å². The van der Waals surface area contributed by atoms with Crippen LogP contribution in [-0.4, -0.2) is 28.2 Å². The molecule has 0 unspecified atom stereocenters. The third-order valence-corrected chi connectivity index (χ3v) is 2.86. The molecule has 0 bridgehead atoms. The lowest BCUT2D eigenvalue weighted by Crippen LogP contribution is -2.41. The van der Waals surface area contributed by atoms with Crippen molar-refractivity contribution in [2.24, 2.45) is 0 Å². The quantitative estimate of drug-likeness (QED) is 0.893. The number of halogens is 1. The van der Waals surface area contributed by atoms with E-state index in [4.69, 9.17) is 0 Å². The Hall–Kier alpha value is -0.690. The Morgan fingerprint density at radius 3 is 2.62 bits per heavy atom. The van der Waals surface area contributed by atoms with Crippen LogP contribution in [0.25, 0.3) is 0 Å². The number of aromatic nitrogens is 2. The van der Waals surface area contributed by atoms with E-state index in [1.807, 2.05) is 20.8 Å². The van der Waals surface area contributed by atoms with E-state index >= 15 is 0 Å². The first-order valence-electron chi connectivity index (χ1n) is 4.91. The molecule has 0 aliphatic rings. The Bertz CT molecular complexity index is 361. The molecule has 0 aromatic carbocycles. The summed E-state index contributed by atoms with van der Waals surface area (Å²) in [6, 6.07) is 0. The predicted octanol–water partition coefficient (Wildman–Crippen LogP) is 2.02. The summed E-state index contributed by atoms with van der Waals surface area (Å²) in [6.07, 6.45) is 0.425. The topological polar surface area (TPSA) is 66.9 Å². The zero-order valence-corrected chi connectivity index (χ0v) is 11.9. The molecule has 5 nitrogen and oxygen atoms in total. The van der Waals surface area contributed by atoms with Crippen LogP contribution in [0.5, 0.6) is 0 Å². The summed E-state index contributed by atoms with van der Waals surface area (Å²) < 4.78 is 0.731. The Balaban J connectivity index is 2.23. The number of anilines is 1. The zero-order valence-electron chi connectivity index (χ0n) is 9.50. The fourth-order valence-corrected chi connectivity index (χ4v) is 2.08. The molecule has 0 atom stereocenters. The molecule has 16 heavy (non-hydrogen) atoms.